The summed E-state index contributed by atoms with van der Waals surface area (Å²) < 4.78 is 46.7. The van der Waals surface area contributed by atoms with E-state index < -0.39 is 18.3 Å². The molecule has 0 spiro atoms. The Morgan fingerprint density at radius 1 is 1.07 bits per heavy atom. The number of aliphatic hydroxyl groups is 1. The van der Waals surface area contributed by atoms with E-state index in [-0.39, 0.29) is 10.8 Å². The number of hydrazone groups is 1. The number of rotatable bonds is 4. The van der Waals surface area contributed by atoms with Gasteiger partial charge in [-0.3, -0.25) is 0 Å². The lowest BCUT2D eigenvalue weighted by molar-refractivity contribution is -0.254. The highest BCUT2D eigenvalue weighted by molar-refractivity contribution is 7.14. The van der Waals surface area contributed by atoms with Gasteiger partial charge in [-0.1, -0.05) is 29.8 Å². The normalized spacial score (nSPS) is 19.1. The van der Waals surface area contributed by atoms with E-state index in [1.165, 1.54) is 0 Å². The zero-order chi connectivity index (χ0) is 21.5. The molecule has 0 bridgehead atoms. The first-order valence-corrected chi connectivity index (χ1v) is 9.93. The van der Waals surface area contributed by atoms with Gasteiger partial charge in [0, 0.05) is 10.9 Å². The third-order valence-electron chi connectivity index (χ3n) is 4.88. The van der Waals surface area contributed by atoms with Crippen LogP contribution in [0, 0.1) is 6.92 Å². The van der Waals surface area contributed by atoms with Gasteiger partial charge >= 0.3 is 6.18 Å². The van der Waals surface area contributed by atoms with Crippen molar-refractivity contribution in [3.05, 3.63) is 65.0 Å². The Morgan fingerprint density at radius 3 is 2.30 bits per heavy atom. The van der Waals surface area contributed by atoms with E-state index in [2.05, 4.69) is 10.1 Å². The molecule has 2 aromatic carbocycles. The van der Waals surface area contributed by atoms with Crippen LogP contribution in [0.25, 0.3) is 11.3 Å². The molecule has 4 rings (SSSR count). The molecule has 1 N–H and O–H groups in total. The number of halogens is 3. The van der Waals surface area contributed by atoms with Crippen LogP contribution in [0.4, 0.5) is 18.3 Å². The summed E-state index contributed by atoms with van der Waals surface area (Å²) in [5, 5.41) is 16.9. The van der Waals surface area contributed by atoms with Gasteiger partial charge in [0.25, 0.3) is 5.72 Å². The molecule has 0 saturated carbocycles. The van der Waals surface area contributed by atoms with E-state index in [0.717, 1.165) is 22.5 Å². The first kappa shape index (κ1) is 20.4. The van der Waals surface area contributed by atoms with Crippen LogP contribution in [0.5, 0.6) is 5.75 Å². The summed E-state index contributed by atoms with van der Waals surface area (Å²) in [6.07, 6.45) is -5.61. The van der Waals surface area contributed by atoms with E-state index >= 15 is 0 Å². The number of alkyl halides is 3. The number of ether oxygens (including phenoxy) is 1. The zero-order valence-corrected chi connectivity index (χ0v) is 17.0. The molecule has 9 heteroatoms. The molecule has 3 aromatic rings. The molecule has 0 aliphatic carbocycles. The zero-order valence-electron chi connectivity index (χ0n) is 16.1. The maximum atomic E-state index is 13.8. The Balaban J connectivity index is 1.72. The van der Waals surface area contributed by atoms with Crippen molar-refractivity contribution in [3.63, 3.8) is 0 Å². The number of nitrogens with zero attached hydrogens (tertiary/aromatic N) is 3. The first-order chi connectivity index (χ1) is 14.2. The van der Waals surface area contributed by atoms with E-state index in [1.807, 2.05) is 6.92 Å². The maximum absolute atomic E-state index is 13.8. The Hall–Kier alpha value is -2.91. The van der Waals surface area contributed by atoms with E-state index in [4.69, 9.17) is 4.74 Å². The largest absolute Gasteiger partial charge is 0.497 e. The predicted octanol–water partition coefficient (Wildman–Crippen LogP) is 4.99. The molecule has 30 heavy (non-hydrogen) atoms. The standard InChI is InChI=1S/C21H18F3N3O2S/c1-13-3-5-14(6-4-13)17-11-20(28,21(22,23)24)27(26-17)19-25-18(12-30-19)15-7-9-16(29-2)10-8-15/h3-10,12,28H,11H2,1-2H3. The molecule has 2 heterocycles. The van der Waals surface area contributed by atoms with E-state index in [9.17, 15) is 18.3 Å². The summed E-state index contributed by atoms with van der Waals surface area (Å²) in [4.78, 5) is 4.31. The smallest absolute Gasteiger partial charge is 0.438 e. The highest BCUT2D eigenvalue weighted by Gasteiger charge is 2.62. The molecular weight excluding hydrogens is 415 g/mol. The number of aromatic nitrogens is 1. The summed E-state index contributed by atoms with van der Waals surface area (Å²) in [6.45, 7) is 1.88. The van der Waals surface area contributed by atoms with Gasteiger partial charge in [0.2, 0.25) is 5.13 Å². The quantitative estimate of drug-likeness (QED) is 0.630. The lowest BCUT2D eigenvalue weighted by Crippen LogP contribution is -2.55. The number of anilines is 1. The number of benzene rings is 2. The molecule has 0 fully saturated rings. The Labute approximate surface area is 175 Å². The molecule has 0 saturated heterocycles. The van der Waals surface area contributed by atoms with Crippen molar-refractivity contribution in [1.82, 2.24) is 4.98 Å². The molecular formula is C21H18F3N3O2S. The Bertz CT molecular complexity index is 1080. The fourth-order valence-electron chi connectivity index (χ4n) is 3.13. The Kier molecular flexibility index (Phi) is 5.03. The summed E-state index contributed by atoms with van der Waals surface area (Å²) in [6, 6.07) is 14.0. The minimum absolute atomic E-state index is 0.0391. The van der Waals surface area contributed by atoms with Gasteiger partial charge in [-0.05, 0) is 36.8 Å². The van der Waals surface area contributed by atoms with Gasteiger partial charge in [0.05, 0.1) is 24.9 Å². The second-order valence-corrected chi connectivity index (χ2v) is 7.80. The topological polar surface area (TPSA) is 58.0 Å². The molecule has 1 aliphatic heterocycles. The lowest BCUT2D eigenvalue weighted by atomic mass is 10.0. The number of hydrogen-bond donors (Lipinski definition) is 1. The van der Waals surface area contributed by atoms with Crippen molar-refractivity contribution in [2.45, 2.75) is 25.2 Å². The monoisotopic (exact) mass is 433 g/mol. The van der Waals surface area contributed by atoms with Crippen molar-refractivity contribution < 1.29 is 23.0 Å². The average Bonchev–Trinajstić information content (AvgIpc) is 3.33. The van der Waals surface area contributed by atoms with Crippen LogP contribution in [-0.2, 0) is 0 Å². The van der Waals surface area contributed by atoms with Crippen LogP contribution < -0.4 is 9.75 Å². The molecule has 156 valence electrons. The van der Waals surface area contributed by atoms with Crippen LogP contribution in [0.2, 0.25) is 0 Å². The van der Waals surface area contributed by atoms with Crippen molar-refractivity contribution >= 4 is 22.2 Å². The van der Waals surface area contributed by atoms with Crippen LogP contribution in [0.15, 0.2) is 59.0 Å². The Morgan fingerprint density at radius 2 is 1.70 bits per heavy atom. The number of thiazole rings is 1. The highest BCUT2D eigenvalue weighted by atomic mass is 32.1. The van der Waals surface area contributed by atoms with Crippen molar-refractivity contribution in [2.75, 3.05) is 12.1 Å². The summed E-state index contributed by atoms with van der Waals surface area (Å²) in [5.74, 6) is 0.660. The van der Waals surface area contributed by atoms with E-state index in [0.29, 0.717) is 22.0 Å². The molecule has 0 radical (unpaired) electrons. The molecule has 1 atom stereocenters. The van der Waals surface area contributed by atoms with E-state index in [1.54, 1.807) is 61.0 Å². The molecule has 5 nitrogen and oxygen atoms in total. The molecule has 1 aromatic heterocycles. The van der Waals surface area contributed by atoms with Gasteiger partial charge in [0.1, 0.15) is 5.75 Å². The first-order valence-electron chi connectivity index (χ1n) is 9.05. The fourth-order valence-corrected chi connectivity index (χ4v) is 3.98. The predicted molar refractivity (Wildman–Crippen MR) is 110 cm³/mol. The molecule has 0 amide bonds. The van der Waals surface area contributed by atoms with Crippen LogP contribution in [0.3, 0.4) is 0 Å². The fraction of sp³-hybridized carbons (Fsp3) is 0.238. The SMILES string of the molecule is COc1ccc(-c2csc(N3N=C(c4ccc(C)cc4)CC3(O)C(F)(F)F)n2)cc1. The number of aryl methyl sites for hydroxylation is 1. The van der Waals surface area contributed by atoms with Gasteiger partial charge in [0.15, 0.2) is 0 Å². The van der Waals surface area contributed by atoms with Crippen molar-refractivity contribution in [1.29, 1.82) is 0 Å². The number of hydrogen-bond acceptors (Lipinski definition) is 6. The lowest BCUT2D eigenvalue weighted by Gasteiger charge is -2.32. The van der Waals surface area contributed by atoms with Gasteiger partial charge in [-0.2, -0.15) is 23.3 Å². The highest BCUT2D eigenvalue weighted by Crippen LogP contribution is 2.45. The second kappa shape index (κ2) is 7.41. The minimum Gasteiger partial charge on any atom is -0.497 e. The molecule has 1 aliphatic rings. The molecule has 1 unspecified atom stereocenters. The minimum atomic E-state index is -4.92. The third kappa shape index (κ3) is 3.54. The van der Waals surface area contributed by atoms with Crippen molar-refractivity contribution in [3.8, 4) is 17.0 Å². The third-order valence-corrected chi connectivity index (χ3v) is 5.70. The van der Waals surface area contributed by atoms with Crippen molar-refractivity contribution in [2.24, 2.45) is 5.10 Å². The van der Waals surface area contributed by atoms with Gasteiger partial charge in [-0.25, -0.2) is 4.98 Å². The summed E-state index contributed by atoms with van der Waals surface area (Å²) in [5.41, 5.74) is -0.308. The van der Waals surface area contributed by atoms with Crippen LogP contribution in [0.1, 0.15) is 17.5 Å². The maximum Gasteiger partial charge on any atom is 0.438 e. The summed E-state index contributed by atoms with van der Waals surface area (Å²) in [7, 11) is 1.55. The van der Waals surface area contributed by atoms with Gasteiger partial charge < -0.3 is 9.84 Å². The van der Waals surface area contributed by atoms with Gasteiger partial charge in [-0.15, -0.1) is 11.3 Å². The van der Waals surface area contributed by atoms with Crippen LogP contribution in [-0.4, -0.2) is 34.8 Å². The summed E-state index contributed by atoms with van der Waals surface area (Å²) >= 11 is 0.986. The van der Waals surface area contributed by atoms with Crippen LogP contribution >= 0.6 is 11.3 Å². The second-order valence-electron chi connectivity index (χ2n) is 6.96. The average molecular weight is 433 g/mol. The number of methoxy groups -OCH3 is 1.